The van der Waals surface area contributed by atoms with E-state index in [2.05, 4.69) is 29.1 Å². The van der Waals surface area contributed by atoms with Crippen molar-refractivity contribution < 1.29 is 4.79 Å². The predicted molar refractivity (Wildman–Crippen MR) is 84.9 cm³/mol. The fraction of sp³-hybridized carbons (Fsp3) is 0.471. The zero-order valence-electron chi connectivity index (χ0n) is 13.1. The Morgan fingerprint density at radius 3 is 2.82 bits per heavy atom. The van der Waals surface area contributed by atoms with Gasteiger partial charge in [0.1, 0.15) is 12.1 Å². The molecule has 0 bridgehead atoms. The molecule has 2 aromatic rings. The smallest absolute Gasteiger partial charge is 0.251 e. The SMILES string of the molecule is CC1CCC(C)(NC(=O)c2ccnc(-n3ccnc3)c2)CC1. The molecule has 1 fully saturated rings. The van der Waals surface area contributed by atoms with Crippen molar-refractivity contribution >= 4 is 5.91 Å². The minimum absolute atomic E-state index is 0.0270. The van der Waals surface area contributed by atoms with Crippen LogP contribution in [0.3, 0.4) is 0 Å². The molecule has 0 atom stereocenters. The molecule has 5 heteroatoms. The minimum atomic E-state index is -0.0952. The largest absolute Gasteiger partial charge is 0.347 e. The summed E-state index contributed by atoms with van der Waals surface area (Å²) >= 11 is 0. The third-order valence-electron chi connectivity index (χ3n) is 4.57. The molecule has 1 aliphatic rings. The van der Waals surface area contributed by atoms with E-state index in [1.807, 2.05) is 6.20 Å². The number of nitrogens with zero attached hydrogens (tertiary/aromatic N) is 3. The van der Waals surface area contributed by atoms with Gasteiger partial charge in [-0.2, -0.15) is 0 Å². The first kappa shape index (κ1) is 14.8. The normalized spacial score (nSPS) is 24.9. The van der Waals surface area contributed by atoms with Crippen LogP contribution in [-0.2, 0) is 0 Å². The van der Waals surface area contributed by atoms with Gasteiger partial charge in [-0.25, -0.2) is 9.97 Å². The van der Waals surface area contributed by atoms with Crippen LogP contribution in [0.5, 0.6) is 0 Å². The van der Waals surface area contributed by atoms with E-state index in [-0.39, 0.29) is 11.4 Å². The number of hydrogen-bond donors (Lipinski definition) is 1. The van der Waals surface area contributed by atoms with Crippen molar-refractivity contribution in [3.8, 4) is 5.82 Å². The number of aromatic nitrogens is 3. The van der Waals surface area contributed by atoms with E-state index < -0.39 is 0 Å². The molecular formula is C17H22N4O. The molecule has 0 saturated heterocycles. The summed E-state index contributed by atoms with van der Waals surface area (Å²) in [6, 6.07) is 3.55. The third-order valence-corrected chi connectivity index (χ3v) is 4.57. The van der Waals surface area contributed by atoms with E-state index in [1.54, 1.807) is 35.4 Å². The van der Waals surface area contributed by atoms with Gasteiger partial charge in [0.25, 0.3) is 5.91 Å². The highest BCUT2D eigenvalue weighted by Gasteiger charge is 2.31. The van der Waals surface area contributed by atoms with Gasteiger partial charge in [0, 0.05) is 29.7 Å². The summed E-state index contributed by atoms with van der Waals surface area (Å²) < 4.78 is 1.79. The highest BCUT2D eigenvalue weighted by molar-refractivity contribution is 5.95. The molecule has 2 heterocycles. The van der Waals surface area contributed by atoms with Gasteiger partial charge in [-0.05, 0) is 50.7 Å². The summed E-state index contributed by atoms with van der Waals surface area (Å²) in [5.74, 6) is 1.44. The van der Waals surface area contributed by atoms with Crippen LogP contribution in [0.25, 0.3) is 5.82 Å². The molecule has 0 aromatic carbocycles. The number of amides is 1. The van der Waals surface area contributed by atoms with Crippen LogP contribution in [0.1, 0.15) is 49.9 Å². The van der Waals surface area contributed by atoms with Crippen LogP contribution in [0.2, 0.25) is 0 Å². The van der Waals surface area contributed by atoms with Crippen LogP contribution in [0.4, 0.5) is 0 Å². The molecule has 1 saturated carbocycles. The molecule has 1 amide bonds. The van der Waals surface area contributed by atoms with E-state index in [9.17, 15) is 4.79 Å². The molecular weight excluding hydrogens is 276 g/mol. The molecule has 116 valence electrons. The monoisotopic (exact) mass is 298 g/mol. The van der Waals surface area contributed by atoms with E-state index in [4.69, 9.17) is 0 Å². The summed E-state index contributed by atoms with van der Waals surface area (Å²) in [6.07, 6.45) is 11.3. The maximum atomic E-state index is 12.6. The molecule has 0 radical (unpaired) electrons. The van der Waals surface area contributed by atoms with E-state index >= 15 is 0 Å². The first-order valence-corrected chi connectivity index (χ1v) is 7.83. The highest BCUT2D eigenvalue weighted by Crippen LogP contribution is 2.31. The zero-order valence-corrected chi connectivity index (χ0v) is 13.1. The standard InChI is InChI=1S/C17H22N4O/c1-13-3-6-17(2,7-4-13)20-16(22)14-5-8-19-15(11-14)21-10-9-18-12-21/h5,8-13H,3-4,6-7H2,1-2H3,(H,20,22). The van der Waals surface area contributed by atoms with E-state index in [0.717, 1.165) is 18.8 Å². The molecule has 0 spiro atoms. The fourth-order valence-corrected chi connectivity index (χ4v) is 2.97. The number of imidazole rings is 1. The molecule has 1 N–H and O–H groups in total. The lowest BCUT2D eigenvalue weighted by molar-refractivity contribution is 0.0869. The van der Waals surface area contributed by atoms with Crippen LogP contribution in [0.15, 0.2) is 37.1 Å². The van der Waals surface area contributed by atoms with Crippen molar-refractivity contribution in [2.75, 3.05) is 0 Å². The Morgan fingerprint density at radius 1 is 1.36 bits per heavy atom. The topological polar surface area (TPSA) is 59.8 Å². The first-order chi connectivity index (χ1) is 10.6. The van der Waals surface area contributed by atoms with Crippen molar-refractivity contribution in [2.45, 2.75) is 45.1 Å². The maximum absolute atomic E-state index is 12.6. The average Bonchev–Trinajstić information content (AvgIpc) is 3.05. The number of pyridine rings is 1. The molecule has 0 unspecified atom stereocenters. The third kappa shape index (κ3) is 3.18. The summed E-state index contributed by atoms with van der Waals surface area (Å²) in [7, 11) is 0. The first-order valence-electron chi connectivity index (χ1n) is 7.83. The van der Waals surface area contributed by atoms with Gasteiger partial charge < -0.3 is 5.32 Å². The Bertz CT molecular complexity index is 642. The molecule has 2 aromatic heterocycles. The van der Waals surface area contributed by atoms with Gasteiger partial charge in [0.15, 0.2) is 0 Å². The number of nitrogens with one attached hydrogen (secondary N) is 1. The summed E-state index contributed by atoms with van der Waals surface area (Å²) in [4.78, 5) is 20.8. The van der Waals surface area contributed by atoms with Crippen molar-refractivity contribution in [3.63, 3.8) is 0 Å². The lowest BCUT2D eigenvalue weighted by Crippen LogP contribution is -2.48. The second kappa shape index (κ2) is 5.91. The van der Waals surface area contributed by atoms with Crippen LogP contribution in [-0.4, -0.2) is 26.0 Å². The number of hydrogen-bond acceptors (Lipinski definition) is 3. The lowest BCUT2D eigenvalue weighted by Gasteiger charge is -2.37. The summed E-state index contributed by atoms with van der Waals surface area (Å²) in [5.41, 5.74) is 0.542. The Kier molecular flexibility index (Phi) is 3.96. The number of carbonyl (C=O) groups excluding carboxylic acids is 1. The van der Waals surface area contributed by atoms with Crippen LogP contribution >= 0.6 is 0 Å². The van der Waals surface area contributed by atoms with Crippen LogP contribution < -0.4 is 5.32 Å². The van der Waals surface area contributed by atoms with E-state index in [0.29, 0.717) is 11.4 Å². The second-order valence-corrected chi connectivity index (χ2v) is 6.57. The predicted octanol–water partition coefficient (Wildman–Crippen LogP) is 2.97. The Balaban J connectivity index is 1.74. The van der Waals surface area contributed by atoms with Gasteiger partial charge in [-0.3, -0.25) is 9.36 Å². The summed E-state index contributed by atoms with van der Waals surface area (Å²) in [6.45, 7) is 4.43. The number of rotatable bonds is 3. The Labute approximate surface area is 130 Å². The Hall–Kier alpha value is -2.17. The lowest BCUT2D eigenvalue weighted by atomic mass is 9.78. The van der Waals surface area contributed by atoms with Crippen molar-refractivity contribution in [1.29, 1.82) is 0 Å². The molecule has 3 rings (SSSR count). The van der Waals surface area contributed by atoms with Gasteiger partial charge in [-0.1, -0.05) is 6.92 Å². The van der Waals surface area contributed by atoms with Crippen molar-refractivity contribution in [2.24, 2.45) is 5.92 Å². The molecule has 0 aliphatic heterocycles. The average molecular weight is 298 g/mol. The van der Waals surface area contributed by atoms with Gasteiger partial charge in [0.05, 0.1) is 0 Å². The zero-order chi connectivity index (χ0) is 15.6. The van der Waals surface area contributed by atoms with Gasteiger partial charge in [-0.15, -0.1) is 0 Å². The van der Waals surface area contributed by atoms with Crippen molar-refractivity contribution in [3.05, 3.63) is 42.6 Å². The van der Waals surface area contributed by atoms with Gasteiger partial charge in [0.2, 0.25) is 0 Å². The Morgan fingerprint density at radius 2 is 2.14 bits per heavy atom. The van der Waals surface area contributed by atoms with Crippen molar-refractivity contribution in [1.82, 2.24) is 19.9 Å². The minimum Gasteiger partial charge on any atom is -0.347 e. The number of carbonyl (C=O) groups is 1. The molecule has 22 heavy (non-hydrogen) atoms. The second-order valence-electron chi connectivity index (χ2n) is 6.57. The summed E-state index contributed by atoms with van der Waals surface area (Å²) in [5, 5.41) is 3.21. The molecule has 5 nitrogen and oxygen atoms in total. The highest BCUT2D eigenvalue weighted by atomic mass is 16.1. The quantitative estimate of drug-likeness (QED) is 0.947. The fourth-order valence-electron chi connectivity index (χ4n) is 2.97. The van der Waals surface area contributed by atoms with Crippen LogP contribution in [0, 0.1) is 5.92 Å². The molecule has 1 aliphatic carbocycles. The van der Waals surface area contributed by atoms with Gasteiger partial charge >= 0.3 is 0 Å². The maximum Gasteiger partial charge on any atom is 0.251 e. The van der Waals surface area contributed by atoms with E-state index in [1.165, 1.54) is 12.8 Å².